The Morgan fingerprint density at radius 2 is 1.74 bits per heavy atom. The highest BCUT2D eigenvalue weighted by Gasteiger charge is 2.12. The predicted molar refractivity (Wildman–Crippen MR) is 123 cm³/mol. The van der Waals surface area contributed by atoms with E-state index in [9.17, 15) is 4.79 Å². The van der Waals surface area contributed by atoms with Crippen LogP contribution in [0.4, 0.5) is 11.5 Å². The van der Waals surface area contributed by atoms with Crippen molar-refractivity contribution in [1.82, 2.24) is 10.2 Å². The average Bonchev–Trinajstić information content (AvgIpc) is 3.09. The lowest BCUT2D eigenvalue weighted by Crippen LogP contribution is -2.25. The van der Waals surface area contributed by atoms with E-state index in [-0.39, 0.29) is 5.91 Å². The van der Waals surface area contributed by atoms with Crippen LogP contribution >= 0.6 is 0 Å². The van der Waals surface area contributed by atoms with Crippen molar-refractivity contribution < 1.29 is 9.53 Å². The number of ether oxygens (including phenoxy) is 1. The SMILES string of the molecule is COc1cccc(CC(=O)Nc2ccc(-c3ccc(N4CCCCCC4)nn3)cc2)c1. The van der Waals surface area contributed by atoms with Crippen molar-refractivity contribution in [3.8, 4) is 17.0 Å². The number of hydrogen-bond donors (Lipinski definition) is 1. The molecule has 2 heterocycles. The van der Waals surface area contributed by atoms with Crippen LogP contribution in [0, 0.1) is 0 Å². The molecule has 1 aromatic heterocycles. The summed E-state index contributed by atoms with van der Waals surface area (Å²) in [5.41, 5.74) is 3.47. The minimum absolute atomic E-state index is 0.0670. The third-order valence-corrected chi connectivity index (χ3v) is 5.54. The molecule has 0 unspecified atom stereocenters. The van der Waals surface area contributed by atoms with Gasteiger partial charge in [-0.15, -0.1) is 10.2 Å². The quantitative estimate of drug-likeness (QED) is 0.630. The first kappa shape index (κ1) is 20.8. The Labute approximate surface area is 183 Å². The molecule has 6 nitrogen and oxygen atoms in total. The lowest BCUT2D eigenvalue weighted by Gasteiger charge is -2.20. The number of methoxy groups -OCH3 is 1. The zero-order valence-corrected chi connectivity index (χ0v) is 17.9. The van der Waals surface area contributed by atoms with E-state index in [4.69, 9.17) is 4.74 Å². The molecule has 1 amide bonds. The number of anilines is 2. The lowest BCUT2D eigenvalue weighted by molar-refractivity contribution is -0.115. The molecule has 1 aliphatic heterocycles. The number of amides is 1. The first-order valence-electron chi connectivity index (χ1n) is 10.8. The monoisotopic (exact) mass is 416 g/mol. The lowest BCUT2D eigenvalue weighted by atomic mass is 10.1. The van der Waals surface area contributed by atoms with E-state index < -0.39 is 0 Å². The summed E-state index contributed by atoms with van der Waals surface area (Å²) in [7, 11) is 1.62. The Kier molecular flexibility index (Phi) is 6.77. The van der Waals surface area contributed by atoms with Crippen LogP contribution in [0.25, 0.3) is 11.3 Å². The van der Waals surface area contributed by atoms with E-state index in [0.717, 1.165) is 47.2 Å². The Hall–Kier alpha value is -3.41. The number of hydrogen-bond acceptors (Lipinski definition) is 5. The molecule has 1 saturated heterocycles. The fourth-order valence-corrected chi connectivity index (χ4v) is 3.84. The van der Waals surface area contributed by atoms with Gasteiger partial charge in [0.25, 0.3) is 0 Å². The van der Waals surface area contributed by atoms with Crippen molar-refractivity contribution in [3.63, 3.8) is 0 Å². The first-order chi connectivity index (χ1) is 15.2. The Morgan fingerprint density at radius 3 is 2.42 bits per heavy atom. The minimum Gasteiger partial charge on any atom is -0.497 e. The van der Waals surface area contributed by atoms with Gasteiger partial charge in [-0.05, 0) is 54.8 Å². The highest BCUT2D eigenvalue weighted by Crippen LogP contribution is 2.22. The van der Waals surface area contributed by atoms with Crippen LogP contribution in [0.3, 0.4) is 0 Å². The second-order valence-corrected chi connectivity index (χ2v) is 7.83. The van der Waals surface area contributed by atoms with Crippen LogP contribution in [-0.4, -0.2) is 36.3 Å². The number of benzene rings is 2. The van der Waals surface area contributed by atoms with E-state index >= 15 is 0 Å². The fraction of sp³-hybridized carbons (Fsp3) is 0.320. The van der Waals surface area contributed by atoms with Crippen molar-refractivity contribution in [3.05, 3.63) is 66.2 Å². The number of nitrogens with one attached hydrogen (secondary N) is 1. The number of carbonyl (C=O) groups excluding carboxylic acids is 1. The van der Waals surface area contributed by atoms with E-state index in [1.807, 2.05) is 54.6 Å². The molecule has 0 bridgehead atoms. The summed E-state index contributed by atoms with van der Waals surface area (Å²) in [5, 5.41) is 11.8. The summed E-state index contributed by atoms with van der Waals surface area (Å²) in [6.45, 7) is 2.11. The van der Waals surface area contributed by atoms with E-state index in [1.165, 1.54) is 25.7 Å². The highest BCUT2D eigenvalue weighted by atomic mass is 16.5. The molecule has 1 aliphatic rings. The van der Waals surface area contributed by atoms with Crippen molar-refractivity contribution >= 4 is 17.4 Å². The van der Waals surface area contributed by atoms with Gasteiger partial charge in [0.1, 0.15) is 5.75 Å². The van der Waals surface area contributed by atoms with Gasteiger partial charge in [-0.2, -0.15) is 0 Å². The molecular formula is C25H28N4O2. The van der Waals surface area contributed by atoms with E-state index in [1.54, 1.807) is 7.11 Å². The van der Waals surface area contributed by atoms with Crippen molar-refractivity contribution in [2.24, 2.45) is 0 Å². The third kappa shape index (κ3) is 5.60. The molecular weight excluding hydrogens is 388 g/mol. The smallest absolute Gasteiger partial charge is 0.228 e. The maximum atomic E-state index is 12.4. The number of carbonyl (C=O) groups is 1. The summed E-state index contributed by atoms with van der Waals surface area (Å²) >= 11 is 0. The van der Waals surface area contributed by atoms with Crippen LogP contribution in [0.15, 0.2) is 60.7 Å². The molecule has 3 aromatic rings. The zero-order chi connectivity index (χ0) is 21.5. The Bertz CT molecular complexity index is 995. The second kappa shape index (κ2) is 10.1. The number of aromatic nitrogens is 2. The third-order valence-electron chi connectivity index (χ3n) is 5.54. The molecule has 2 aromatic carbocycles. The normalized spacial score (nSPS) is 14.0. The second-order valence-electron chi connectivity index (χ2n) is 7.83. The standard InChI is InChI=1S/C25H28N4O2/c1-31-22-8-6-7-19(17-22)18-25(30)26-21-11-9-20(10-12-21)23-13-14-24(28-27-23)29-15-4-2-3-5-16-29/h6-14,17H,2-5,15-16,18H2,1H3,(H,26,30). The number of rotatable bonds is 6. The van der Waals surface area contributed by atoms with Gasteiger partial charge < -0.3 is 15.0 Å². The van der Waals surface area contributed by atoms with Crippen LogP contribution in [0.2, 0.25) is 0 Å². The van der Waals surface area contributed by atoms with E-state index in [0.29, 0.717) is 6.42 Å². The van der Waals surface area contributed by atoms with Gasteiger partial charge in [0.15, 0.2) is 5.82 Å². The molecule has 6 heteroatoms. The predicted octanol–water partition coefficient (Wildman–Crippen LogP) is 4.71. The van der Waals surface area contributed by atoms with Crippen molar-refractivity contribution in [2.75, 3.05) is 30.4 Å². The van der Waals surface area contributed by atoms with Crippen molar-refractivity contribution in [1.29, 1.82) is 0 Å². The molecule has 0 radical (unpaired) electrons. The van der Waals surface area contributed by atoms with Gasteiger partial charge in [0, 0.05) is 24.3 Å². The largest absolute Gasteiger partial charge is 0.497 e. The highest BCUT2D eigenvalue weighted by molar-refractivity contribution is 5.92. The summed E-state index contributed by atoms with van der Waals surface area (Å²) < 4.78 is 5.21. The molecule has 1 fully saturated rings. The molecule has 4 rings (SSSR count). The van der Waals surface area contributed by atoms with Crippen LogP contribution in [-0.2, 0) is 11.2 Å². The van der Waals surface area contributed by atoms with Gasteiger partial charge in [-0.3, -0.25) is 4.79 Å². The van der Waals surface area contributed by atoms with Crippen LogP contribution in [0.5, 0.6) is 5.75 Å². The summed E-state index contributed by atoms with van der Waals surface area (Å²) in [6, 6.07) is 19.3. The fourth-order valence-electron chi connectivity index (χ4n) is 3.84. The molecule has 0 spiro atoms. The van der Waals surface area contributed by atoms with Crippen molar-refractivity contribution in [2.45, 2.75) is 32.1 Å². The number of nitrogens with zero attached hydrogens (tertiary/aromatic N) is 3. The molecule has 0 saturated carbocycles. The van der Waals surface area contributed by atoms with Gasteiger partial charge >= 0.3 is 0 Å². The maximum absolute atomic E-state index is 12.4. The van der Waals surface area contributed by atoms with Gasteiger partial charge in [-0.25, -0.2) is 0 Å². The van der Waals surface area contributed by atoms with E-state index in [2.05, 4.69) is 26.5 Å². The van der Waals surface area contributed by atoms with Gasteiger partial charge in [-0.1, -0.05) is 37.1 Å². The first-order valence-corrected chi connectivity index (χ1v) is 10.8. The summed E-state index contributed by atoms with van der Waals surface area (Å²) in [5.74, 6) is 1.63. The minimum atomic E-state index is -0.0670. The zero-order valence-electron chi connectivity index (χ0n) is 17.9. The molecule has 160 valence electrons. The maximum Gasteiger partial charge on any atom is 0.228 e. The molecule has 1 N–H and O–H groups in total. The Morgan fingerprint density at radius 1 is 0.968 bits per heavy atom. The van der Waals surface area contributed by atoms with Gasteiger partial charge in [0.2, 0.25) is 5.91 Å². The van der Waals surface area contributed by atoms with Crippen LogP contribution in [0.1, 0.15) is 31.2 Å². The summed E-state index contributed by atoms with van der Waals surface area (Å²) in [6.07, 6.45) is 5.32. The summed E-state index contributed by atoms with van der Waals surface area (Å²) in [4.78, 5) is 14.7. The van der Waals surface area contributed by atoms with Gasteiger partial charge in [0.05, 0.1) is 19.2 Å². The molecule has 0 atom stereocenters. The van der Waals surface area contributed by atoms with Crippen LogP contribution < -0.4 is 15.0 Å². The Balaban J connectivity index is 1.36. The molecule has 31 heavy (non-hydrogen) atoms. The molecule has 0 aliphatic carbocycles. The average molecular weight is 417 g/mol. The topological polar surface area (TPSA) is 67.3 Å².